The highest BCUT2D eigenvalue weighted by molar-refractivity contribution is 8.00. The summed E-state index contributed by atoms with van der Waals surface area (Å²) in [4.78, 5) is 19.1. The minimum Gasteiger partial charge on any atom is -0.340 e. The standard InChI is InChI=1S/C22H25N3OS/c1-16-9-8-12-20(17(16)2)25-14-13-23-22(25)27-18(3)21(26)24(4)15-19-10-6-5-7-11-19/h5-14,18H,15H2,1-4H3. The Hall–Kier alpha value is -2.53. The van der Waals surface area contributed by atoms with Crippen LogP contribution in [-0.4, -0.2) is 32.7 Å². The van der Waals surface area contributed by atoms with Crippen LogP contribution in [-0.2, 0) is 11.3 Å². The molecule has 4 nitrogen and oxygen atoms in total. The second-order valence-electron chi connectivity index (χ2n) is 6.74. The molecule has 1 amide bonds. The quantitative estimate of drug-likeness (QED) is 0.586. The van der Waals surface area contributed by atoms with Crippen LogP contribution in [0.2, 0.25) is 0 Å². The first kappa shape index (κ1) is 19.2. The molecular formula is C22H25N3OS. The molecule has 0 aliphatic rings. The maximum atomic E-state index is 12.8. The smallest absolute Gasteiger partial charge is 0.235 e. The van der Waals surface area contributed by atoms with Gasteiger partial charge in [0.2, 0.25) is 5.91 Å². The number of hydrogen-bond acceptors (Lipinski definition) is 3. The lowest BCUT2D eigenvalue weighted by Crippen LogP contribution is -2.32. The van der Waals surface area contributed by atoms with Crippen LogP contribution in [0, 0.1) is 13.8 Å². The molecular weight excluding hydrogens is 354 g/mol. The molecule has 5 heteroatoms. The van der Waals surface area contributed by atoms with E-state index in [1.807, 2.05) is 56.6 Å². The van der Waals surface area contributed by atoms with E-state index in [0.717, 1.165) is 16.4 Å². The number of carbonyl (C=O) groups is 1. The van der Waals surface area contributed by atoms with Gasteiger partial charge in [-0.3, -0.25) is 9.36 Å². The van der Waals surface area contributed by atoms with Crippen LogP contribution in [0.1, 0.15) is 23.6 Å². The monoisotopic (exact) mass is 379 g/mol. The van der Waals surface area contributed by atoms with Gasteiger partial charge in [0, 0.05) is 26.0 Å². The summed E-state index contributed by atoms with van der Waals surface area (Å²) in [6.07, 6.45) is 3.74. The molecule has 0 N–H and O–H groups in total. The van der Waals surface area contributed by atoms with E-state index in [1.165, 1.54) is 22.9 Å². The van der Waals surface area contributed by atoms with Crippen molar-refractivity contribution in [2.45, 2.75) is 37.7 Å². The number of hydrogen-bond donors (Lipinski definition) is 0. The van der Waals surface area contributed by atoms with Gasteiger partial charge in [-0.05, 0) is 43.5 Å². The van der Waals surface area contributed by atoms with Gasteiger partial charge >= 0.3 is 0 Å². The van der Waals surface area contributed by atoms with Crippen molar-refractivity contribution >= 4 is 17.7 Å². The zero-order valence-electron chi connectivity index (χ0n) is 16.2. The third-order valence-electron chi connectivity index (χ3n) is 4.71. The summed E-state index contributed by atoms with van der Waals surface area (Å²) in [5, 5.41) is 0.614. The van der Waals surface area contributed by atoms with Crippen LogP contribution < -0.4 is 0 Å². The lowest BCUT2D eigenvalue weighted by Gasteiger charge is -2.21. The van der Waals surface area contributed by atoms with E-state index in [2.05, 4.69) is 35.5 Å². The van der Waals surface area contributed by atoms with Crippen molar-refractivity contribution in [3.05, 3.63) is 77.6 Å². The van der Waals surface area contributed by atoms with Crippen LogP contribution in [0.15, 0.2) is 66.1 Å². The molecule has 0 radical (unpaired) electrons. The number of benzene rings is 2. The number of carbonyl (C=O) groups excluding carboxylic acids is 1. The Balaban J connectivity index is 1.73. The molecule has 27 heavy (non-hydrogen) atoms. The molecule has 2 aromatic carbocycles. The molecule has 0 aliphatic heterocycles. The average molecular weight is 380 g/mol. The van der Waals surface area contributed by atoms with Gasteiger partial charge in [0.25, 0.3) is 0 Å². The SMILES string of the molecule is Cc1cccc(-n2ccnc2SC(C)C(=O)N(C)Cc2ccccc2)c1C. The minimum absolute atomic E-state index is 0.0966. The Morgan fingerprint density at radius 1 is 1.15 bits per heavy atom. The van der Waals surface area contributed by atoms with Gasteiger partial charge in [-0.15, -0.1) is 0 Å². The molecule has 3 aromatic rings. The fourth-order valence-corrected chi connectivity index (χ4v) is 4.00. The highest BCUT2D eigenvalue weighted by atomic mass is 32.2. The number of nitrogens with zero attached hydrogens (tertiary/aromatic N) is 3. The zero-order chi connectivity index (χ0) is 19.4. The summed E-state index contributed by atoms with van der Waals surface area (Å²) < 4.78 is 2.06. The zero-order valence-corrected chi connectivity index (χ0v) is 17.0. The van der Waals surface area contributed by atoms with Crippen LogP contribution in [0.25, 0.3) is 5.69 Å². The third kappa shape index (κ3) is 4.42. The topological polar surface area (TPSA) is 38.1 Å². The normalized spacial score (nSPS) is 12.0. The molecule has 0 spiro atoms. The summed E-state index contributed by atoms with van der Waals surface area (Å²) in [5.41, 5.74) is 4.69. The fraction of sp³-hybridized carbons (Fsp3) is 0.273. The first-order chi connectivity index (χ1) is 13.0. The molecule has 1 atom stereocenters. The molecule has 0 saturated heterocycles. The Bertz CT molecular complexity index is 920. The molecule has 1 heterocycles. The average Bonchev–Trinajstić information content (AvgIpc) is 3.12. The molecule has 0 bridgehead atoms. The van der Waals surface area contributed by atoms with Crippen molar-refractivity contribution in [1.29, 1.82) is 0 Å². The van der Waals surface area contributed by atoms with Crippen LogP contribution >= 0.6 is 11.8 Å². The molecule has 1 aromatic heterocycles. The second kappa shape index (κ2) is 8.44. The number of aromatic nitrogens is 2. The van der Waals surface area contributed by atoms with E-state index in [9.17, 15) is 4.79 Å². The van der Waals surface area contributed by atoms with Crippen molar-refractivity contribution in [3.8, 4) is 5.69 Å². The van der Waals surface area contributed by atoms with Crippen LogP contribution in [0.5, 0.6) is 0 Å². The Morgan fingerprint density at radius 3 is 2.63 bits per heavy atom. The molecule has 140 valence electrons. The number of rotatable bonds is 6. The van der Waals surface area contributed by atoms with Gasteiger partial charge < -0.3 is 4.90 Å². The van der Waals surface area contributed by atoms with Crippen molar-refractivity contribution in [1.82, 2.24) is 14.5 Å². The van der Waals surface area contributed by atoms with Gasteiger partial charge in [-0.25, -0.2) is 4.98 Å². The molecule has 1 unspecified atom stereocenters. The first-order valence-corrected chi connectivity index (χ1v) is 9.91. The van der Waals surface area contributed by atoms with E-state index in [4.69, 9.17) is 0 Å². The summed E-state index contributed by atoms with van der Waals surface area (Å²) in [7, 11) is 1.85. The number of amides is 1. The van der Waals surface area contributed by atoms with E-state index in [-0.39, 0.29) is 11.2 Å². The first-order valence-electron chi connectivity index (χ1n) is 9.03. The Labute approximate surface area is 165 Å². The molecule has 0 saturated carbocycles. The maximum absolute atomic E-state index is 12.8. The Kier molecular flexibility index (Phi) is 6.01. The largest absolute Gasteiger partial charge is 0.340 e. The Morgan fingerprint density at radius 2 is 1.89 bits per heavy atom. The highest BCUT2D eigenvalue weighted by Crippen LogP contribution is 2.27. The van der Waals surface area contributed by atoms with E-state index >= 15 is 0 Å². The van der Waals surface area contributed by atoms with Crippen molar-refractivity contribution in [3.63, 3.8) is 0 Å². The van der Waals surface area contributed by atoms with Gasteiger partial charge in [0.1, 0.15) is 0 Å². The van der Waals surface area contributed by atoms with Gasteiger partial charge in [0.05, 0.1) is 10.9 Å². The number of thioether (sulfide) groups is 1. The van der Waals surface area contributed by atoms with Gasteiger partial charge in [-0.1, -0.05) is 54.2 Å². The number of aryl methyl sites for hydroxylation is 1. The van der Waals surface area contributed by atoms with Crippen LogP contribution in [0.4, 0.5) is 0 Å². The van der Waals surface area contributed by atoms with Crippen LogP contribution in [0.3, 0.4) is 0 Å². The second-order valence-corrected chi connectivity index (χ2v) is 8.05. The third-order valence-corrected chi connectivity index (χ3v) is 5.78. The summed E-state index contributed by atoms with van der Waals surface area (Å²) >= 11 is 1.49. The summed E-state index contributed by atoms with van der Waals surface area (Å²) in [6, 6.07) is 16.3. The van der Waals surface area contributed by atoms with E-state index < -0.39 is 0 Å². The predicted molar refractivity (Wildman–Crippen MR) is 111 cm³/mol. The van der Waals surface area contributed by atoms with Gasteiger partial charge in [-0.2, -0.15) is 0 Å². The highest BCUT2D eigenvalue weighted by Gasteiger charge is 2.21. The van der Waals surface area contributed by atoms with Crippen molar-refractivity contribution < 1.29 is 4.79 Å². The van der Waals surface area contributed by atoms with E-state index in [0.29, 0.717) is 6.54 Å². The minimum atomic E-state index is -0.218. The lowest BCUT2D eigenvalue weighted by atomic mass is 10.1. The van der Waals surface area contributed by atoms with Gasteiger partial charge in [0.15, 0.2) is 5.16 Å². The number of imidazole rings is 1. The molecule has 0 aliphatic carbocycles. The summed E-state index contributed by atoms with van der Waals surface area (Å²) in [6.45, 7) is 6.77. The molecule has 3 rings (SSSR count). The van der Waals surface area contributed by atoms with E-state index in [1.54, 1.807) is 11.1 Å². The van der Waals surface area contributed by atoms with Crippen molar-refractivity contribution in [2.24, 2.45) is 0 Å². The van der Waals surface area contributed by atoms with Crippen molar-refractivity contribution in [2.75, 3.05) is 7.05 Å². The maximum Gasteiger partial charge on any atom is 0.235 e. The lowest BCUT2D eigenvalue weighted by molar-refractivity contribution is -0.129. The fourth-order valence-electron chi connectivity index (χ4n) is 3.01. The predicted octanol–water partition coefficient (Wildman–Crippen LogP) is 4.63. The molecule has 0 fully saturated rings. The summed E-state index contributed by atoms with van der Waals surface area (Å²) in [5.74, 6) is 0.0966.